The van der Waals surface area contributed by atoms with Gasteiger partial charge in [-0.2, -0.15) is 16.4 Å². The molecule has 2 aromatic heterocycles. The summed E-state index contributed by atoms with van der Waals surface area (Å²) in [5, 5.41) is 13.0. The van der Waals surface area contributed by atoms with E-state index in [0.717, 1.165) is 36.6 Å². The minimum Gasteiger partial charge on any atom is -0.305 e. The standard InChI is InChI=1S/C14H20ClN3S/c1-3-6-16-13(11-5-8-19-10-11)14-12(15)9-17-18(14)7-4-2/h5,8-10,13,16H,3-4,6-7H2,1-2H3. The molecule has 0 bridgehead atoms. The van der Waals surface area contributed by atoms with Crippen molar-refractivity contribution in [3.05, 3.63) is 39.3 Å². The maximum absolute atomic E-state index is 6.35. The van der Waals surface area contributed by atoms with Crippen molar-refractivity contribution in [2.24, 2.45) is 0 Å². The fraction of sp³-hybridized carbons (Fsp3) is 0.500. The zero-order valence-electron chi connectivity index (χ0n) is 11.4. The first-order chi connectivity index (χ1) is 9.27. The number of aromatic nitrogens is 2. The summed E-state index contributed by atoms with van der Waals surface area (Å²) < 4.78 is 2.02. The Bertz CT molecular complexity index is 493. The van der Waals surface area contributed by atoms with Crippen molar-refractivity contribution in [1.82, 2.24) is 15.1 Å². The lowest BCUT2D eigenvalue weighted by atomic mass is 10.1. The molecule has 0 spiro atoms. The van der Waals surface area contributed by atoms with Crippen LogP contribution in [-0.4, -0.2) is 16.3 Å². The van der Waals surface area contributed by atoms with Crippen LogP contribution in [0.1, 0.15) is 44.0 Å². The molecule has 5 heteroatoms. The van der Waals surface area contributed by atoms with Crippen molar-refractivity contribution in [1.29, 1.82) is 0 Å². The molecular weight excluding hydrogens is 278 g/mol. The van der Waals surface area contributed by atoms with Crippen LogP contribution in [0.2, 0.25) is 5.02 Å². The molecule has 2 heterocycles. The summed E-state index contributed by atoms with van der Waals surface area (Å²) in [5.74, 6) is 0. The van der Waals surface area contributed by atoms with Crippen LogP contribution >= 0.6 is 22.9 Å². The Hall–Kier alpha value is -0.840. The number of nitrogens with one attached hydrogen (secondary N) is 1. The largest absolute Gasteiger partial charge is 0.305 e. The summed E-state index contributed by atoms with van der Waals surface area (Å²) in [6, 6.07) is 2.28. The van der Waals surface area contributed by atoms with Crippen LogP contribution in [0.5, 0.6) is 0 Å². The van der Waals surface area contributed by atoms with Crippen LogP contribution in [0.3, 0.4) is 0 Å². The molecule has 0 aliphatic carbocycles. The van der Waals surface area contributed by atoms with E-state index in [2.05, 4.69) is 41.1 Å². The first-order valence-electron chi connectivity index (χ1n) is 6.74. The SMILES string of the molecule is CCCNC(c1ccsc1)c1c(Cl)cnn1CCC. The van der Waals surface area contributed by atoms with Gasteiger partial charge in [0.25, 0.3) is 0 Å². The minimum absolute atomic E-state index is 0.132. The Labute approximate surface area is 123 Å². The zero-order chi connectivity index (χ0) is 13.7. The highest BCUT2D eigenvalue weighted by molar-refractivity contribution is 7.08. The van der Waals surface area contributed by atoms with E-state index in [9.17, 15) is 0 Å². The average Bonchev–Trinajstić information content (AvgIpc) is 3.03. The summed E-state index contributed by atoms with van der Waals surface area (Å²) >= 11 is 8.06. The maximum atomic E-state index is 6.35. The van der Waals surface area contributed by atoms with Crippen LogP contribution in [0.4, 0.5) is 0 Å². The average molecular weight is 298 g/mol. The van der Waals surface area contributed by atoms with E-state index >= 15 is 0 Å². The molecule has 0 aliphatic heterocycles. The van der Waals surface area contributed by atoms with Gasteiger partial charge in [0.1, 0.15) is 0 Å². The molecule has 19 heavy (non-hydrogen) atoms. The lowest BCUT2D eigenvalue weighted by molar-refractivity contribution is 0.512. The first kappa shape index (κ1) is 14.6. The Kier molecular flexibility index (Phi) is 5.43. The molecule has 0 radical (unpaired) electrons. The van der Waals surface area contributed by atoms with Gasteiger partial charge in [-0.05, 0) is 41.8 Å². The second-order valence-electron chi connectivity index (χ2n) is 4.54. The summed E-state index contributed by atoms with van der Waals surface area (Å²) in [6.45, 7) is 6.19. The molecule has 0 saturated heterocycles. The monoisotopic (exact) mass is 297 g/mol. The van der Waals surface area contributed by atoms with Crippen LogP contribution < -0.4 is 5.32 Å². The van der Waals surface area contributed by atoms with Gasteiger partial charge in [-0.3, -0.25) is 4.68 Å². The number of rotatable bonds is 7. The quantitative estimate of drug-likeness (QED) is 0.834. The van der Waals surface area contributed by atoms with Gasteiger partial charge in [0.2, 0.25) is 0 Å². The molecular formula is C14H20ClN3S. The third kappa shape index (κ3) is 3.38. The zero-order valence-corrected chi connectivity index (χ0v) is 13.0. The highest BCUT2D eigenvalue weighted by Gasteiger charge is 2.21. The van der Waals surface area contributed by atoms with Crippen LogP contribution in [0, 0.1) is 0 Å². The maximum Gasteiger partial charge on any atom is 0.0837 e. The number of halogens is 1. The molecule has 0 aromatic carbocycles. The van der Waals surface area contributed by atoms with Crippen molar-refractivity contribution in [3.63, 3.8) is 0 Å². The Morgan fingerprint density at radius 1 is 1.42 bits per heavy atom. The van der Waals surface area contributed by atoms with E-state index in [4.69, 9.17) is 11.6 Å². The highest BCUT2D eigenvalue weighted by atomic mass is 35.5. The topological polar surface area (TPSA) is 29.9 Å². The second-order valence-corrected chi connectivity index (χ2v) is 5.73. The second kappa shape index (κ2) is 7.08. The van der Waals surface area contributed by atoms with Gasteiger partial charge in [-0.1, -0.05) is 25.4 Å². The van der Waals surface area contributed by atoms with E-state index in [0.29, 0.717) is 0 Å². The first-order valence-corrected chi connectivity index (χ1v) is 8.06. The summed E-state index contributed by atoms with van der Waals surface area (Å²) in [4.78, 5) is 0. The van der Waals surface area contributed by atoms with Gasteiger partial charge >= 0.3 is 0 Å². The van der Waals surface area contributed by atoms with Gasteiger partial charge in [-0.25, -0.2) is 0 Å². The molecule has 3 nitrogen and oxygen atoms in total. The van der Waals surface area contributed by atoms with E-state index < -0.39 is 0 Å². The number of aryl methyl sites for hydroxylation is 1. The van der Waals surface area contributed by atoms with Gasteiger partial charge in [0.05, 0.1) is 23.0 Å². The van der Waals surface area contributed by atoms with Crippen molar-refractivity contribution in [3.8, 4) is 0 Å². The van der Waals surface area contributed by atoms with Gasteiger partial charge in [0.15, 0.2) is 0 Å². The molecule has 1 unspecified atom stereocenters. The van der Waals surface area contributed by atoms with Crippen molar-refractivity contribution in [2.75, 3.05) is 6.54 Å². The highest BCUT2D eigenvalue weighted by Crippen LogP contribution is 2.29. The molecule has 2 aromatic rings. The third-order valence-corrected chi connectivity index (χ3v) is 4.01. The number of thiophene rings is 1. The molecule has 1 N–H and O–H groups in total. The molecule has 0 aliphatic rings. The van der Waals surface area contributed by atoms with Crippen LogP contribution in [-0.2, 0) is 6.54 Å². The van der Waals surface area contributed by atoms with E-state index in [1.807, 2.05) is 4.68 Å². The smallest absolute Gasteiger partial charge is 0.0837 e. The summed E-state index contributed by atoms with van der Waals surface area (Å²) in [7, 11) is 0. The van der Waals surface area contributed by atoms with Crippen LogP contribution in [0.25, 0.3) is 0 Å². The van der Waals surface area contributed by atoms with E-state index in [-0.39, 0.29) is 6.04 Å². The summed E-state index contributed by atoms with van der Waals surface area (Å²) in [5.41, 5.74) is 2.34. The van der Waals surface area contributed by atoms with E-state index in [1.54, 1.807) is 17.5 Å². The molecule has 0 saturated carbocycles. The van der Waals surface area contributed by atoms with Gasteiger partial charge < -0.3 is 5.32 Å². The van der Waals surface area contributed by atoms with Gasteiger partial charge in [0, 0.05) is 6.54 Å². The lowest BCUT2D eigenvalue weighted by Gasteiger charge is -2.19. The van der Waals surface area contributed by atoms with Crippen LogP contribution in [0.15, 0.2) is 23.0 Å². The Balaban J connectivity index is 2.34. The van der Waals surface area contributed by atoms with E-state index in [1.165, 1.54) is 5.56 Å². The fourth-order valence-electron chi connectivity index (χ4n) is 2.15. The van der Waals surface area contributed by atoms with Crippen molar-refractivity contribution < 1.29 is 0 Å². The van der Waals surface area contributed by atoms with Crippen molar-refractivity contribution in [2.45, 2.75) is 39.3 Å². The number of hydrogen-bond donors (Lipinski definition) is 1. The lowest BCUT2D eigenvalue weighted by Crippen LogP contribution is -2.25. The fourth-order valence-corrected chi connectivity index (χ4v) is 3.09. The van der Waals surface area contributed by atoms with Crippen molar-refractivity contribution >= 4 is 22.9 Å². The number of hydrogen-bond acceptors (Lipinski definition) is 3. The predicted octanol–water partition coefficient (Wildman–Crippen LogP) is 4.10. The molecule has 0 fully saturated rings. The minimum atomic E-state index is 0.132. The molecule has 2 rings (SSSR count). The third-order valence-electron chi connectivity index (χ3n) is 3.02. The Morgan fingerprint density at radius 3 is 2.89 bits per heavy atom. The molecule has 1 atom stereocenters. The normalized spacial score (nSPS) is 12.8. The molecule has 104 valence electrons. The predicted molar refractivity (Wildman–Crippen MR) is 82.0 cm³/mol. The number of nitrogens with zero attached hydrogens (tertiary/aromatic N) is 2. The summed E-state index contributed by atoms with van der Waals surface area (Å²) in [6.07, 6.45) is 3.90. The Morgan fingerprint density at radius 2 is 2.26 bits per heavy atom. The molecule has 0 amide bonds. The van der Waals surface area contributed by atoms with Gasteiger partial charge in [-0.15, -0.1) is 0 Å².